The van der Waals surface area contributed by atoms with Gasteiger partial charge in [0, 0.05) is 12.2 Å². The van der Waals surface area contributed by atoms with Crippen LogP contribution in [0.25, 0.3) is 6.08 Å². The van der Waals surface area contributed by atoms with Crippen molar-refractivity contribution in [1.82, 2.24) is 4.90 Å². The van der Waals surface area contributed by atoms with E-state index in [-0.39, 0.29) is 11.8 Å². The average molecular weight is 385 g/mol. The molecule has 0 radical (unpaired) electrons. The number of carbonyl (C=O) groups is 2. The zero-order chi connectivity index (χ0) is 20.8. The predicted molar refractivity (Wildman–Crippen MR) is 108 cm³/mol. The molecule has 150 valence electrons. The minimum atomic E-state index is -0.527. The molecule has 0 bridgehead atoms. The molecule has 1 aromatic rings. The molecule has 0 unspecified atom stereocenters. The van der Waals surface area contributed by atoms with Crippen LogP contribution in [-0.2, 0) is 14.3 Å². The van der Waals surface area contributed by atoms with Crippen LogP contribution in [0.2, 0.25) is 0 Å². The number of allylic oxidation sites excluding steroid dienone is 1. The number of amides is 1. The van der Waals surface area contributed by atoms with Crippen LogP contribution >= 0.6 is 0 Å². The lowest BCUT2D eigenvalue weighted by atomic mass is 10.0. The van der Waals surface area contributed by atoms with Crippen molar-refractivity contribution in [1.29, 1.82) is 0 Å². The fraction of sp³-hybridized carbons (Fsp3) is 0.364. The highest BCUT2D eigenvalue weighted by atomic mass is 16.5. The third-order valence-corrected chi connectivity index (χ3v) is 4.30. The van der Waals surface area contributed by atoms with Gasteiger partial charge in [0.25, 0.3) is 5.91 Å². The fourth-order valence-corrected chi connectivity index (χ4v) is 3.02. The van der Waals surface area contributed by atoms with E-state index in [2.05, 4.69) is 6.58 Å². The summed E-state index contributed by atoms with van der Waals surface area (Å²) in [7, 11) is 2.85. The molecule has 1 aliphatic heterocycles. The molecule has 0 aromatic heterocycles. The lowest BCUT2D eigenvalue weighted by molar-refractivity contribution is -0.136. The topological polar surface area (TPSA) is 65.1 Å². The van der Waals surface area contributed by atoms with E-state index in [1.54, 1.807) is 49.3 Å². The normalized spacial score (nSPS) is 15.4. The van der Waals surface area contributed by atoms with Crippen molar-refractivity contribution in [2.75, 3.05) is 27.4 Å². The van der Waals surface area contributed by atoms with Crippen LogP contribution in [0.5, 0.6) is 11.5 Å². The van der Waals surface area contributed by atoms with Crippen LogP contribution in [0.1, 0.15) is 26.3 Å². The summed E-state index contributed by atoms with van der Waals surface area (Å²) in [6, 6.07) is 5.32. The molecule has 0 N–H and O–H groups in total. The van der Waals surface area contributed by atoms with Crippen molar-refractivity contribution in [3.05, 3.63) is 53.3 Å². The highest BCUT2D eigenvalue weighted by molar-refractivity contribution is 6.16. The first-order valence-electron chi connectivity index (χ1n) is 9.08. The van der Waals surface area contributed by atoms with Gasteiger partial charge in [0.2, 0.25) is 0 Å². The van der Waals surface area contributed by atoms with Gasteiger partial charge in [-0.1, -0.05) is 32.6 Å². The Balaban J connectivity index is 2.48. The molecule has 1 amide bonds. The van der Waals surface area contributed by atoms with Gasteiger partial charge in [-0.15, -0.1) is 0 Å². The molecule has 2 rings (SSSR count). The Morgan fingerprint density at radius 1 is 1.25 bits per heavy atom. The smallest absolute Gasteiger partial charge is 0.340 e. The molecule has 6 heteroatoms. The van der Waals surface area contributed by atoms with Gasteiger partial charge in [0.05, 0.1) is 25.4 Å². The fourth-order valence-electron chi connectivity index (χ4n) is 3.02. The zero-order valence-corrected chi connectivity index (χ0v) is 17.1. The number of carbonyl (C=O) groups excluding carboxylic acids is 2. The number of hydrogen-bond donors (Lipinski definition) is 0. The second-order valence-corrected chi connectivity index (χ2v) is 6.83. The van der Waals surface area contributed by atoms with E-state index in [9.17, 15) is 9.59 Å². The number of hydrogen-bond acceptors (Lipinski definition) is 5. The van der Waals surface area contributed by atoms with Crippen molar-refractivity contribution in [2.24, 2.45) is 5.92 Å². The van der Waals surface area contributed by atoms with Crippen LogP contribution in [0.3, 0.4) is 0 Å². The zero-order valence-electron chi connectivity index (χ0n) is 17.1. The Labute approximate surface area is 166 Å². The van der Waals surface area contributed by atoms with Gasteiger partial charge in [0.15, 0.2) is 11.5 Å². The molecule has 6 nitrogen and oxygen atoms in total. The Kier molecular flexibility index (Phi) is 7.04. The predicted octanol–water partition coefficient (Wildman–Crippen LogP) is 3.59. The number of benzene rings is 1. The van der Waals surface area contributed by atoms with Gasteiger partial charge in [-0.3, -0.25) is 4.79 Å². The summed E-state index contributed by atoms with van der Waals surface area (Å²) in [5.74, 6) is 0.627. The van der Waals surface area contributed by atoms with E-state index in [0.717, 1.165) is 0 Å². The van der Waals surface area contributed by atoms with Gasteiger partial charge in [-0.25, -0.2) is 4.79 Å². The molecular weight excluding hydrogens is 358 g/mol. The number of esters is 1. The summed E-state index contributed by atoms with van der Waals surface area (Å²) in [6.45, 7) is 10.3. The van der Waals surface area contributed by atoms with Crippen molar-refractivity contribution < 1.29 is 23.8 Å². The van der Waals surface area contributed by atoms with Crippen LogP contribution in [0, 0.1) is 5.92 Å². The van der Waals surface area contributed by atoms with Crippen molar-refractivity contribution >= 4 is 18.0 Å². The maximum atomic E-state index is 13.0. The van der Waals surface area contributed by atoms with Crippen LogP contribution < -0.4 is 9.47 Å². The molecule has 0 spiro atoms. The monoisotopic (exact) mass is 385 g/mol. The number of methoxy groups -OCH3 is 2. The second kappa shape index (κ2) is 9.26. The molecule has 0 atom stereocenters. The van der Waals surface area contributed by atoms with Gasteiger partial charge in [-0.05, 0) is 36.6 Å². The van der Waals surface area contributed by atoms with Gasteiger partial charge in [-0.2, -0.15) is 0 Å². The van der Waals surface area contributed by atoms with E-state index in [1.807, 2.05) is 13.8 Å². The third kappa shape index (κ3) is 4.44. The second-order valence-electron chi connectivity index (χ2n) is 6.83. The van der Waals surface area contributed by atoms with Crippen molar-refractivity contribution in [3.63, 3.8) is 0 Å². The molecular formula is C22H27NO5. The highest BCUT2D eigenvalue weighted by Crippen LogP contribution is 2.34. The Hall–Kier alpha value is -3.02. The van der Waals surface area contributed by atoms with E-state index >= 15 is 0 Å². The maximum Gasteiger partial charge on any atom is 0.340 e. The van der Waals surface area contributed by atoms with Crippen LogP contribution in [0.15, 0.2) is 47.7 Å². The van der Waals surface area contributed by atoms with E-state index < -0.39 is 5.97 Å². The Bertz CT molecular complexity index is 835. The first-order chi connectivity index (χ1) is 13.3. The summed E-state index contributed by atoms with van der Waals surface area (Å²) in [6.07, 6.45) is 3.32. The van der Waals surface area contributed by atoms with Crippen molar-refractivity contribution in [2.45, 2.75) is 20.8 Å². The van der Waals surface area contributed by atoms with Crippen LogP contribution in [0.4, 0.5) is 0 Å². The highest BCUT2D eigenvalue weighted by Gasteiger charge is 2.37. The molecule has 1 aliphatic rings. The molecule has 1 aromatic carbocycles. The molecule has 0 saturated carbocycles. The first-order valence-corrected chi connectivity index (χ1v) is 9.08. The summed E-state index contributed by atoms with van der Waals surface area (Å²) in [5.41, 5.74) is 1.92. The minimum Gasteiger partial charge on any atom is -0.493 e. The summed E-state index contributed by atoms with van der Waals surface area (Å²) >= 11 is 0. The number of ether oxygens (including phenoxy) is 3. The SMILES string of the molecule is C=CCOc1ccc(/C=C2\C(=O)N(CC(C)C)C(C)=C2C(=O)OC)cc1OC. The number of rotatable bonds is 8. The maximum absolute atomic E-state index is 13.0. The summed E-state index contributed by atoms with van der Waals surface area (Å²) in [5, 5.41) is 0. The van der Waals surface area contributed by atoms with E-state index in [1.165, 1.54) is 7.11 Å². The van der Waals surface area contributed by atoms with Gasteiger partial charge >= 0.3 is 5.97 Å². The number of nitrogens with zero attached hydrogens (tertiary/aromatic N) is 1. The largest absolute Gasteiger partial charge is 0.493 e. The standard InChI is InChI=1S/C22H27NO5/c1-7-10-28-18-9-8-16(12-19(18)26-5)11-17-20(22(25)27-6)15(4)23(21(17)24)13-14(2)3/h7-9,11-12,14H,1,10,13H2,2-6H3/b17-11-. The first kappa shape index (κ1) is 21.3. The minimum absolute atomic E-state index is 0.211. The van der Waals surface area contributed by atoms with E-state index in [0.29, 0.717) is 47.1 Å². The molecule has 0 saturated heterocycles. The molecule has 0 aliphatic carbocycles. The third-order valence-electron chi connectivity index (χ3n) is 4.30. The Morgan fingerprint density at radius 3 is 2.54 bits per heavy atom. The van der Waals surface area contributed by atoms with E-state index in [4.69, 9.17) is 14.2 Å². The lowest BCUT2D eigenvalue weighted by Gasteiger charge is -2.19. The molecule has 28 heavy (non-hydrogen) atoms. The quantitative estimate of drug-likeness (QED) is 0.389. The summed E-state index contributed by atoms with van der Waals surface area (Å²) in [4.78, 5) is 27.0. The van der Waals surface area contributed by atoms with Gasteiger partial charge < -0.3 is 19.1 Å². The molecule has 0 fully saturated rings. The van der Waals surface area contributed by atoms with Crippen molar-refractivity contribution in [3.8, 4) is 11.5 Å². The average Bonchev–Trinajstić information content (AvgIpc) is 2.90. The van der Waals surface area contributed by atoms with Gasteiger partial charge in [0.1, 0.15) is 6.61 Å². The lowest BCUT2D eigenvalue weighted by Crippen LogP contribution is -2.28. The molecule has 1 heterocycles. The van der Waals surface area contributed by atoms with Crippen LogP contribution in [-0.4, -0.2) is 44.1 Å². The summed E-state index contributed by atoms with van der Waals surface area (Å²) < 4.78 is 15.8. The Morgan fingerprint density at radius 2 is 1.96 bits per heavy atom.